The van der Waals surface area contributed by atoms with Crippen LogP contribution in [0.5, 0.6) is 0 Å². The Labute approximate surface area is 78.5 Å². The fraction of sp³-hybridized carbons (Fsp3) is 1.00. The van der Waals surface area contributed by atoms with Crippen molar-refractivity contribution in [3.63, 3.8) is 0 Å². The molecule has 2 nitrogen and oxygen atoms in total. The molecule has 12 heavy (non-hydrogen) atoms. The lowest BCUT2D eigenvalue weighted by atomic mass is 10.3. The lowest BCUT2D eigenvalue weighted by Gasteiger charge is -2.19. The largest absolute Gasteiger partial charge is 0.292 e. The van der Waals surface area contributed by atoms with E-state index in [1.54, 1.807) is 0 Å². The summed E-state index contributed by atoms with van der Waals surface area (Å²) < 4.78 is 0. The Morgan fingerprint density at radius 1 is 1.08 bits per heavy atom. The number of hydrogen-bond donors (Lipinski definition) is 0. The van der Waals surface area contributed by atoms with Gasteiger partial charge >= 0.3 is 0 Å². The van der Waals surface area contributed by atoms with E-state index in [4.69, 9.17) is 0 Å². The molecule has 0 aromatic rings. The van der Waals surface area contributed by atoms with Crippen LogP contribution in [-0.4, -0.2) is 42.6 Å². The summed E-state index contributed by atoms with van der Waals surface area (Å²) in [5.41, 5.74) is 0. The molecular weight excluding hydrogens is 148 g/mol. The van der Waals surface area contributed by atoms with Gasteiger partial charge in [-0.05, 0) is 20.9 Å². The Morgan fingerprint density at radius 3 is 1.75 bits per heavy atom. The Morgan fingerprint density at radius 2 is 1.58 bits per heavy atom. The Bertz CT molecular complexity index is 91.8. The molecule has 1 rings (SSSR count). The number of nitrogens with zero attached hydrogens (tertiary/aromatic N) is 2. The van der Waals surface area contributed by atoms with Gasteiger partial charge in [0.2, 0.25) is 0 Å². The van der Waals surface area contributed by atoms with Crippen molar-refractivity contribution in [3.8, 4) is 0 Å². The molecule has 1 saturated heterocycles. The Hall–Kier alpha value is -0.0800. The van der Waals surface area contributed by atoms with Crippen molar-refractivity contribution in [2.24, 2.45) is 0 Å². The van der Waals surface area contributed by atoms with E-state index in [1.807, 2.05) is 13.8 Å². The number of hydrogen-bond acceptors (Lipinski definition) is 2. The molecule has 0 aromatic carbocycles. The molecule has 0 aromatic heterocycles. The summed E-state index contributed by atoms with van der Waals surface area (Å²) in [6.07, 6.45) is 0. The Balaban J connectivity index is 0. The fourth-order valence-electron chi connectivity index (χ4n) is 1.17. The quantitative estimate of drug-likeness (QED) is 0.601. The monoisotopic (exact) mass is 174 g/mol. The van der Waals surface area contributed by atoms with Gasteiger partial charge in [-0.1, -0.05) is 21.3 Å². The van der Waals surface area contributed by atoms with Crippen LogP contribution in [-0.2, 0) is 0 Å². The minimum Gasteiger partial charge on any atom is -0.292 e. The summed E-state index contributed by atoms with van der Waals surface area (Å²) in [6, 6.07) is 0.718. The van der Waals surface area contributed by atoms with Gasteiger partial charge < -0.3 is 0 Å². The van der Waals surface area contributed by atoms with Gasteiger partial charge in [-0.15, -0.1) is 0 Å². The van der Waals surface area contributed by atoms with Crippen LogP contribution in [0.15, 0.2) is 0 Å². The highest BCUT2D eigenvalue weighted by atomic mass is 15.4. The average Bonchev–Trinajstić information content (AvgIpc) is 2.40. The van der Waals surface area contributed by atoms with Crippen LogP contribution in [0.3, 0.4) is 0 Å². The van der Waals surface area contributed by atoms with Crippen molar-refractivity contribution in [2.75, 3.05) is 26.8 Å². The predicted octanol–water partition coefficient (Wildman–Crippen LogP) is 2.26. The van der Waals surface area contributed by atoms with E-state index in [-0.39, 0.29) is 7.43 Å². The lowest BCUT2D eigenvalue weighted by molar-refractivity contribution is 0.230. The average molecular weight is 174 g/mol. The maximum Gasteiger partial charge on any atom is 0.0506 e. The summed E-state index contributed by atoms with van der Waals surface area (Å²) in [6.45, 7) is 12.1. The standard InChI is InChI=1S/C7H16N2.C2H6.CH4/c1-7(2)9-5-4-8(3)6-9;1-2;/h7H,4-6H2,1-3H3;1-2H3;1H4. The first kappa shape index (κ1) is 14.4. The molecule has 1 aliphatic rings. The van der Waals surface area contributed by atoms with Crippen LogP contribution in [0.25, 0.3) is 0 Å². The molecule has 1 heterocycles. The van der Waals surface area contributed by atoms with Crippen molar-refractivity contribution in [3.05, 3.63) is 0 Å². The van der Waals surface area contributed by atoms with Crippen molar-refractivity contribution in [2.45, 2.75) is 41.2 Å². The van der Waals surface area contributed by atoms with Gasteiger partial charge in [0.25, 0.3) is 0 Å². The van der Waals surface area contributed by atoms with Gasteiger partial charge in [0, 0.05) is 19.1 Å². The predicted molar refractivity (Wildman–Crippen MR) is 57.4 cm³/mol. The van der Waals surface area contributed by atoms with Gasteiger partial charge in [0.15, 0.2) is 0 Å². The normalized spacial score (nSPS) is 18.5. The third-order valence-electron chi connectivity index (χ3n) is 1.92. The molecule has 0 radical (unpaired) electrons. The lowest BCUT2D eigenvalue weighted by Crippen LogP contribution is -2.29. The highest BCUT2D eigenvalue weighted by Gasteiger charge is 2.17. The minimum absolute atomic E-state index is 0. The SMILES string of the molecule is C.CC.CC(C)N1CCN(C)C1. The zero-order valence-corrected chi connectivity index (χ0v) is 8.59. The molecule has 0 spiro atoms. The molecule has 1 aliphatic heterocycles. The second-order valence-electron chi connectivity index (χ2n) is 3.13. The van der Waals surface area contributed by atoms with Crippen LogP contribution in [0.1, 0.15) is 35.1 Å². The van der Waals surface area contributed by atoms with E-state index >= 15 is 0 Å². The maximum absolute atomic E-state index is 2.47. The van der Waals surface area contributed by atoms with Gasteiger partial charge in [0.1, 0.15) is 0 Å². The van der Waals surface area contributed by atoms with Crippen molar-refractivity contribution >= 4 is 0 Å². The van der Waals surface area contributed by atoms with Crippen molar-refractivity contribution in [1.29, 1.82) is 0 Å². The molecule has 0 N–H and O–H groups in total. The van der Waals surface area contributed by atoms with Gasteiger partial charge in [-0.25, -0.2) is 0 Å². The number of likely N-dealkylation sites (N-methyl/N-ethyl adjacent to an activating group) is 1. The third kappa shape index (κ3) is 4.73. The zero-order valence-electron chi connectivity index (χ0n) is 8.59. The van der Waals surface area contributed by atoms with Crippen LogP contribution in [0.2, 0.25) is 0 Å². The Kier molecular flexibility index (Phi) is 9.10. The minimum atomic E-state index is 0. The molecule has 0 aliphatic carbocycles. The summed E-state index contributed by atoms with van der Waals surface area (Å²) in [4.78, 5) is 4.82. The van der Waals surface area contributed by atoms with Crippen LogP contribution >= 0.6 is 0 Å². The van der Waals surface area contributed by atoms with E-state index < -0.39 is 0 Å². The molecule has 0 amide bonds. The first-order valence-electron chi connectivity index (χ1n) is 4.63. The summed E-state index contributed by atoms with van der Waals surface area (Å²) >= 11 is 0. The van der Waals surface area contributed by atoms with E-state index in [9.17, 15) is 0 Å². The van der Waals surface area contributed by atoms with Crippen LogP contribution < -0.4 is 0 Å². The molecule has 0 unspecified atom stereocenters. The first-order valence-corrected chi connectivity index (χ1v) is 4.63. The van der Waals surface area contributed by atoms with Gasteiger partial charge in [-0.2, -0.15) is 0 Å². The molecule has 0 bridgehead atoms. The van der Waals surface area contributed by atoms with Crippen LogP contribution in [0.4, 0.5) is 0 Å². The maximum atomic E-state index is 2.47. The molecule has 2 heteroatoms. The topological polar surface area (TPSA) is 6.48 Å². The van der Waals surface area contributed by atoms with E-state index in [2.05, 4.69) is 30.7 Å². The molecule has 0 saturated carbocycles. The highest BCUT2D eigenvalue weighted by molar-refractivity contribution is 4.70. The van der Waals surface area contributed by atoms with E-state index in [0.717, 1.165) is 12.7 Å². The first-order chi connectivity index (χ1) is 5.20. The highest BCUT2D eigenvalue weighted by Crippen LogP contribution is 2.05. The second kappa shape index (κ2) is 7.56. The summed E-state index contributed by atoms with van der Waals surface area (Å²) in [5, 5.41) is 0. The molecule has 1 fully saturated rings. The van der Waals surface area contributed by atoms with E-state index in [1.165, 1.54) is 13.1 Å². The third-order valence-corrected chi connectivity index (χ3v) is 1.92. The smallest absolute Gasteiger partial charge is 0.0506 e. The van der Waals surface area contributed by atoms with Crippen molar-refractivity contribution in [1.82, 2.24) is 9.80 Å². The molecular formula is C10H26N2. The fourth-order valence-corrected chi connectivity index (χ4v) is 1.17. The van der Waals surface area contributed by atoms with Gasteiger partial charge in [0.05, 0.1) is 6.67 Å². The van der Waals surface area contributed by atoms with Gasteiger partial charge in [-0.3, -0.25) is 9.80 Å². The molecule has 0 atom stereocenters. The summed E-state index contributed by atoms with van der Waals surface area (Å²) in [5.74, 6) is 0. The zero-order chi connectivity index (χ0) is 8.85. The second-order valence-corrected chi connectivity index (χ2v) is 3.13. The summed E-state index contributed by atoms with van der Waals surface area (Å²) in [7, 11) is 2.17. The molecule has 76 valence electrons. The number of rotatable bonds is 1. The van der Waals surface area contributed by atoms with Crippen LogP contribution in [0, 0.1) is 0 Å². The van der Waals surface area contributed by atoms with Crippen molar-refractivity contribution < 1.29 is 0 Å². The van der Waals surface area contributed by atoms with E-state index in [0.29, 0.717) is 0 Å².